The molecule has 9 heteroatoms. The van der Waals surface area contributed by atoms with Crippen LogP contribution in [0.25, 0.3) is 0 Å². The summed E-state index contributed by atoms with van der Waals surface area (Å²) >= 11 is 0. The first-order valence-corrected chi connectivity index (χ1v) is 8.50. The van der Waals surface area contributed by atoms with Crippen molar-refractivity contribution in [2.75, 3.05) is 0 Å². The number of nitrogens with zero attached hydrogens (tertiary/aromatic N) is 4. The second-order valence-electron chi connectivity index (χ2n) is 6.19. The molecule has 0 atom stereocenters. The van der Waals surface area contributed by atoms with Crippen LogP contribution in [0.2, 0.25) is 0 Å². The number of non-ortho nitro benzene ring substituents is 1. The molecule has 1 saturated carbocycles. The van der Waals surface area contributed by atoms with Crippen molar-refractivity contribution in [1.29, 1.82) is 5.26 Å². The van der Waals surface area contributed by atoms with Gasteiger partial charge in [-0.15, -0.1) is 0 Å². The zero-order valence-electron chi connectivity index (χ0n) is 14.4. The van der Waals surface area contributed by atoms with Crippen LogP contribution < -0.4 is 10.1 Å². The van der Waals surface area contributed by atoms with E-state index < -0.39 is 4.92 Å². The average Bonchev–Trinajstić information content (AvgIpc) is 2.70. The highest BCUT2D eigenvalue weighted by molar-refractivity contribution is 5.94. The van der Waals surface area contributed by atoms with E-state index in [-0.39, 0.29) is 35.3 Å². The lowest BCUT2D eigenvalue weighted by Gasteiger charge is -2.29. The lowest BCUT2D eigenvalue weighted by molar-refractivity contribution is -0.384. The molecule has 0 radical (unpaired) electrons. The second kappa shape index (κ2) is 8.23. The molecule has 3 rings (SSSR count). The largest absolute Gasteiger partial charge is 0.472 e. The molecule has 1 fully saturated rings. The van der Waals surface area contributed by atoms with Gasteiger partial charge in [0.2, 0.25) is 5.69 Å². The summed E-state index contributed by atoms with van der Waals surface area (Å²) in [6.45, 7) is 0. The van der Waals surface area contributed by atoms with Crippen molar-refractivity contribution in [3.8, 4) is 11.9 Å². The molecule has 0 spiro atoms. The summed E-state index contributed by atoms with van der Waals surface area (Å²) in [5.41, 5.74) is 0.494. The minimum Gasteiger partial charge on any atom is -0.472 e. The minimum absolute atomic E-state index is 0.00448. The molecule has 0 aliphatic heterocycles. The fourth-order valence-corrected chi connectivity index (χ4v) is 2.97. The van der Waals surface area contributed by atoms with Crippen LogP contribution in [0, 0.1) is 21.4 Å². The molecule has 1 aromatic heterocycles. The molecule has 9 nitrogen and oxygen atoms in total. The number of hydrogen-bond acceptors (Lipinski definition) is 7. The number of benzene rings is 1. The number of nitriles is 1. The van der Waals surface area contributed by atoms with Crippen LogP contribution in [-0.2, 0) is 0 Å². The van der Waals surface area contributed by atoms with Gasteiger partial charge in [0.1, 0.15) is 12.2 Å². The van der Waals surface area contributed by atoms with E-state index >= 15 is 0 Å². The Kier molecular flexibility index (Phi) is 5.56. The van der Waals surface area contributed by atoms with Crippen LogP contribution >= 0.6 is 0 Å². The third-order valence-corrected chi connectivity index (χ3v) is 4.40. The van der Waals surface area contributed by atoms with E-state index in [1.165, 1.54) is 36.7 Å². The molecule has 0 bridgehead atoms. The van der Waals surface area contributed by atoms with Crippen LogP contribution in [0.3, 0.4) is 0 Å². The van der Waals surface area contributed by atoms with Crippen molar-refractivity contribution in [1.82, 2.24) is 15.3 Å². The summed E-state index contributed by atoms with van der Waals surface area (Å²) in [4.78, 5) is 30.4. The van der Waals surface area contributed by atoms with E-state index in [2.05, 4.69) is 15.3 Å². The van der Waals surface area contributed by atoms with Crippen LogP contribution in [-0.4, -0.2) is 32.9 Å². The van der Waals surface area contributed by atoms with E-state index in [9.17, 15) is 14.9 Å². The number of carbonyl (C=O) groups excluding carboxylic acids is 1. The first-order chi connectivity index (χ1) is 13.1. The zero-order valence-corrected chi connectivity index (χ0v) is 14.4. The highest BCUT2D eigenvalue weighted by atomic mass is 16.6. The lowest BCUT2D eigenvalue weighted by Crippen LogP contribution is -2.39. The number of nitrogens with one attached hydrogen (secondary N) is 1. The molecule has 1 N–H and O–H groups in total. The number of ether oxygens (including phenoxy) is 1. The maximum Gasteiger partial charge on any atom is 0.269 e. The summed E-state index contributed by atoms with van der Waals surface area (Å²) in [7, 11) is 0. The Morgan fingerprint density at radius 1 is 1.19 bits per heavy atom. The van der Waals surface area contributed by atoms with Crippen LogP contribution in [0.1, 0.15) is 41.7 Å². The number of amides is 1. The van der Waals surface area contributed by atoms with E-state index in [0.29, 0.717) is 18.4 Å². The van der Waals surface area contributed by atoms with Crippen molar-refractivity contribution in [3.05, 3.63) is 58.0 Å². The van der Waals surface area contributed by atoms with Gasteiger partial charge in [0, 0.05) is 36.1 Å². The number of nitro benzene ring substituents is 1. The Hall–Kier alpha value is -3.54. The van der Waals surface area contributed by atoms with Gasteiger partial charge in [-0.2, -0.15) is 5.26 Å². The number of rotatable bonds is 5. The Morgan fingerprint density at radius 3 is 2.48 bits per heavy atom. The van der Waals surface area contributed by atoms with Gasteiger partial charge in [0.25, 0.3) is 17.5 Å². The van der Waals surface area contributed by atoms with Gasteiger partial charge in [0.15, 0.2) is 0 Å². The predicted octanol–water partition coefficient (Wildman–Crippen LogP) is 2.38. The quantitative estimate of drug-likeness (QED) is 0.634. The number of aromatic nitrogens is 2. The predicted molar refractivity (Wildman–Crippen MR) is 94.0 cm³/mol. The summed E-state index contributed by atoms with van der Waals surface area (Å²) in [6.07, 6.45) is 5.72. The first kappa shape index (κ1) is 18.3. The highest BCUT2D eigenvalue weighted by Crippen LogP contribution is 2.24. The fraction of sp³-hybridized carbons (Fsp3) is 0.333. The van der Waals surface area contributed by atoms with Gasteiger partial charge in [-0.3, -0.25) is 14.9 Å². The van der Waals surface area contributed by atoms with E-state index in [1.54, 1.807) is 0 Å². The first-order valence-electron chi connectivity index (χ1n) is 8.50. The number of nitro groups is 1. The van der Waals surface area contributed by atoms with Gasteiger partial charge in [0.05, 0.1) is 4.92 Å². The molecule has 1 amide bonds. The Labute approximate surface area is 155 Å². The van der Waals surface area contributed by atoms with Crippen molar-refractivity contribution in [3.63, 3.8) is 0 Å². The molecule has 1 heterocycles. The van der Waals surface area contributed by atoms with Crippen molar-refractivity contribution < 1.29 is 14.5 Å². The number of hydrogen-bond donors (Lipinski definition) is 1. The standard InChI is InChI=1S/C18H17N5O4/c19-11-16-18(21-10-9-20-16)27-15-7-3-13(4-8-15)22-17(24)12-1-5-14(6-2-12)23(25)26/h1-2,5-6,9-10,13,15H,3-4,7-8H2,(H,22,24). The van der Waals surface area contributed by atoms with Crippen molar-refractivity contribution in [2.24, 2.45) is 0 Å². The zero-order chi connectivity index (χ0) is 19.2. The smallest absolute Gasteiger partial charge is 0.269 e. The second-order valence-corrected chi connectivity index (χ2v) is 6.19. The Bertz CT molecular complexity index is 870. The third kappa shape index (κ3) is 4.55. The Morgan fingerprint density at radius 2 is 1.85 bits per heavy atom. The van der Waals surface area contributed by atoms with Gasteiger partial charge in [-0.05, 0) is 37.8 Å². The highest BCUT2D eigenvalue weighted by Gasteiger charge is 2.25. The van der Waals surface area contributed by atoms with Crippen molar-refractivity contribution >= 4 is 11.6 Å². The molecule has 2 aromatic rings. The monoisotopic (exact) mass is 367 g/mol. The molecule has 1 aliphatic carbocycles. The van der Waals surface area contributed by atoms with Crippen LogP contribution in [0.4, 0.5) is 5.69 Å². The molecule has 1 aromatic carbocycles. The molecule has 138 valence electrons. The SMILES string of the molecule is N#Cc1nccnc1OC1CCC(NC(=O)c2ccc([N+](=O)[O-])cc2)CC1. The summed E-state index contributed by atoms with van der Waals surface area (Å²) in [6, 6.07) is 7.47. The minimum atomic E-state index is -0.502. The molecule has 1 aliphatic rings. The average molecular weight is 367 g/mol. The number of carbonyl (C=O) groups is 1. The maximum absolute atomic E-state index is 12.3. The summed E-state index contributed by atoms with van der Waals surface area (Å²) in [5, 5.41) is 22.6. The van der Waals surface area contributed by atoms with Gasteiger partial charge >= 0.3 is 0 Å². The van der Waals surface area contributed by atoms with E-state index in [4.69, 9.17) is 10.00 Å². The fourth-order valence-electron chi connectivity index (χ4n) is 2.97. The Balaban J connectivity index is 1.51. The van der Waals surface area contributed by atoms with E-state index in [0.717, 1.165) is 12.8 Å². The van der Waals surface area contributed by atoms with Gasteiger partial charge in [-0.1, -0.05) is 0 Å². The molecule has 0 unspecified atom stereocenters. The van der Waals surface area contributed by atoms with Gasteiger partial charge < -0.3 is 10.1 Å². The normalized spacial score (nSPS) is 18.9. The van der Waals surface area contributed by atoms with Crippen LogP contribution in [0.15, 0.2) is 36.7 Å². The molecular formula is C18H17N5O4. The molecule has 0 saturated heterocycles. The third-order valence-electron chi connectivity index (χ3n) is 4.40. The topological polar surface area (TPSA) is 131 Å². The van der Waals surface area contributed by atoms with Crippen LogP contribution in [0.5, 0.6) is 5.88 Å². The summed E-state index contributed by atoms with van der Waals surface area (Å²) in [5.74, 6) is -0.0201. The maximum atomic E-state index is 12.3. The van der Waals surface area contributed by atoms with Crippen molar-refractivity contribution in [2.45, 2.75) is 37.8 Å². The molecular weight excluding hydrogens is 350 g/mol. The van der Waals surface area contributed by atoms with E-state index in [1.807, 2.05) is 6.07 Å². The summed E-state index contributed by atoms with van der Waals surface area (Å²) < 4.78 is 5.78. The van der Waals surface area contributed by atoms with Gasteiger partial charge in [-0.25, -0.2) is 9.97 Å². The lowest BCUT2D eigenvalue weighted by atomic mass is 9.92. The molecule has 27 heavy (non-hydrogen) atoms.